The number of thiophene rings is 1. The Labute approximate surface area is 138 Å². The molecule has 1 amide bonds. The molecule has 118 valence electrons. The normalized spacial score (nSPS) is 24.1. The monoisotopic (exact) mass is 326 g/mol. The van der Waals surface area contributed by atoms with Crippen molar-refractivity contribution in [1.29, 1.82) is 5.41 Å². The maximum absolute atomic E-state index is 12.8. The van der Waals surface area contributed by atoms with Crippen LogP contribution in [0.3, 0.4) is 0 Å². The van der Waals surface area contributed by atoms with E-state index in [1.165, 1.54) is 4.90 Å². The average Bonchev–Trinajstić information content (AvgIpc) is 3.22. The Kier molecular flexibility index (Phi) is 2.99. The van der Waals surface area contributed by atoms with Crippen molar-refractivity contribution in [3.63, 3.8) is 0 Å². The first-order chi connectivity index (χ1) is 11.0. The first-order valence-corrected chi connectivity index (χ1v) is 8.50. The van der Waals surface area contributed by atoms with Gasteiger partial charge in [-0.25, -0.2) is 0 Å². The molecule has 1 aliphatic carbocycles. The third-order valence-corrected chi connectivity index (χ3v) is 5.69. The number of nitrogens with one attached hydrogen (secondary N) is 2. The van der Waals surface area contributed by atoms with Crippen molar-refractivity contribution in [2.45, 2.75) is 18.4 Å². The van der Waals surface area contributed by atoms with Gasteiger partial charge in [0.2, 0.25) is 0 Å². The molecule has 4 N–H and O–H groups in total. The lowest BCUT2D eigenvalue weighted by molar-refractivity contribution is -0.131. The van der Waals surface area contributed by atoms with Crippen LogP contribution in [-0.4, -0.2) is 23.8 Å². The third-order valence-electron chi connectivity index (χ3n) is 4.71. The van der Waals surface area contributed by atoms with Gasteiger partial charge in [0, 0.05) is 17.6 Å². The van der Waals surface area contributed by atoms with Crippen molar-refractivity contribution in [2.24, 2.45) is 5.92 Å². The number of carbonyl (C=O) groups excluding carboxylic acids is 1. The Balaban J connectivity index is 1.78. The molecule has 1 aromatic carbocycles. The molecule has 2 fully saturated rings. The zero-order valence-corrected chi connectivity index (χ0v) is 13.6. The maximum atomic E-state index is 12.8. The van der Waals surface area contributed by atoms with E-state index >= 15 is 0 Å². The molecule has 2 aliphatic rings. The van der Waals surface area contributed by atoms with Crippen LogP contribution in [0, 0.1) is 11.3 Å². The Bertz CT molecular complexity index is 810. The van der Waals surface area contributed by atoms with E-state index in [-0.39, 0.29) is 17.8 Å². The van der Waals surface area contributed by atoms with Crippen molar-refractivity contribution in [3.8, 4) is 10.4 Å². The first kappa shape index (κ1) is 14.3. The highest BCUT2D eigenvalue weighted by Gasteiger charge is 2.58. The minimum Gasteiger partial charge on any atom is -0.399 e. The molecular weight excluding hydrogens is 308 g/mol. The number of anilines is 1. The predicted molar refractivity (Wildman–Crippen MR) is 92.2 cm³/mol. The molecule has 5 nitrogen and oxygen atoms in total. The van der Waals surface area contributed by atoms with E-state index in [2.05, 4.69) is 11.4 Å². The molecule has 2 aromatic rings. The summed E-state index contributed by atoms with van der Waals surface area (Å²) >= 11 is 1.61. The SMILES string of the molecule is CN1C(=N)NC(c2csc(-c3cccc(N)c3)c2)(C2CC2)C1=O. The summed E-state index contributed by atoms with van der Waals surface area (Å²) in [6.45, 7) is 0. The van der Waals surface area contributed by atoms with Gasteiger partial charge in [-0.15, -0.1) is 11.3 Å². The Morgan fingerprint density at radius 2 is 2.17 bits per heavy atom. The number of hydrogen-bond donors (Lipinski definition) is 3. The standard InChI is InChI=1S/C17H18N4OS/c1-21-15(22)17(11-5-6-11,20-16(21)19)12-8-14(23-9-12)10-3-2-4-13(18)7-10/h2-4,7-9,11H,5-6,18H2,1H3,(H2,19,20). The molecule has 2 heterocycles. The number of hydrogen-bond acceptors (Lipinski definition) is 4. The second-order valence-electron chi connectivity index (χ2n) is 6.25. The van der Waals surface area contributed by atoms with Crippen molar-refractivity contribution in [2.75, 3.05) is 12.8 Å². The minimum absolute atomic E-state index is 0.0260. The highest BCUT2D eigenvalue weighted by atomic mass is 32.1. The molecule has 1 saturated carbocycles. The van der Waals surface area contributed by atoms with Crippen LogP contribution < -0.4 is 11.1 Å². The van der Waals surface area contributed by atoms with Gasteiger partial charge < -0.3 is 11.1 Å². The molecule has 0 spiro atoms. The lowest BCUT2D eigenvalue weighted by Crippen LogP contribution is -2.45. The summed E-state index contributed by atoms with van der Waals surface area (Å²) in [5.74, 6) is 0.420. The third kappa shape index (κ3) is 2.05. The number of nitrogen functional groups attached to an aromatic ring is 1. The number of carbonyl (C=O) groups is 1. The molecule has 0 bridgehead atoms. The Morgan fingerprint density at radius 3 is 2.78 bits per heavy atom. The summed E-state index contributed by atoms with van der Waals surface area (Å²) in [6.07, 6.45) is 2.03. The second kappa shape index (κ2) is 4.83. The van der Waals surface area contributed by atoms with Crippen LogP contribution in [0.15, 0.2) is 35.7 Å². The zero-order chi connectivity index (χ0) is 16.2. The maximum Gasteiger partial charge on any atom is 0.259 e. The quantitative estimate of drug-likeness (QED) is 0.758. The number of benzene rings is 1. The summed E-state index contributed by atoms with van der Waals surface area (Å²) in [5.41, 5.74) is 7.85. The van der Waals surface area contributed by atoms with E-state index < -0.39 is 5.54 Å². The number of amides is 1. The fraction of sp³-hybridized carbons (Fsp3) is 0.294. The van der Waals surface area contributed by atoms with Crippen LogP contribution in [0.5, 0.6) is 0 Å². The molecule has 1 aliphatic heterocycles. The van der Waals surface area contributed by atoms with E-state index in [0.717, 1.165) is 34.5 Å². The van der Waals surface area contributed by atoms with Crippen LogP contribution in [0.2, 0.25) is 0 Å². The fourth-order valence-electron chi connectivity index (χ4n) is 3.30. The Morgan fingerprint density at radius 1 is 1.39 bits per heavy atom. The average molecular weight is 326 g/mol. The zero-order valence-electron chi connectivity index (χ0n) is 12.8. The highest BCUT2D eigenvalue weighted by molar-refractivity contribution is 7.13. The Hall–Kier alpha value is -2.34. The number of likely N-dealkylation sites (N-methyl/N-ethyl adjacent to an activating group) is 1. The topological polar surface area (TPSA) is 82.2 Å². The largest absolute Gasteiger partial charge is 0.399 e. The van der Waals surface area contributed by atoms with Gasteiger partial charge in [0.1, 0.15) is 5.54 Å². The van der Waals surface area contributed by atoms with Crippen molar-refractivity contribution >= 4 is 28.9 Å². The molecule has 1 atom stereocenters. The van der Waals surface area contributed by atoms with Crippen molar-refractivity contribution in [1.82, 2.24) is 10.2 Å². The van der Waals surface area contributed by atoms with E-state index in [1.54, 1.807) is 18.4 Å². The minimum atomic E-state index is -0.763. The van der Waals surface area contributed by atoms with E-state index in [1.807, 2.05) is 29.6 Å². The van der Waals surface area contributed by atoms with Gasteiger partial charge in [0.05, 0.1) is 0 Å². The van der Waals surface area contributed by atoms with Gasteiger partial charge in [-0.05, 0) is 53.5 Å². The number of rotatable bonds is 3. The van der Waals surface area contributed by atoms with Gasteiger partial charge in [0.25, 0.3) is 5.91 Å². The lowest BCUT2D eigenvalue weighted by atomic mass is 9.86. The lowest BCUT2D eigenvalue weighted by Gasteiger charge is -2.26. The van der Waals surface area contributed by atoms with E-state index in [9.17, 15) is 4.79 Å². The molecule has 4 rings (SSSR count). The summed E-state index contributed by atoms with van der Waals surface area (Å²) in [4.78, 5) is 15.3. The second-order valence-corrected chi connectivity index (χ2v) is 7.16. The molecular formula is C17H18N4OS. The molecule has 23 heavy (non-hydrogen) atoms. The fourth-order valence-corrected chi connectivity index (χ4v) is 4.27. The summed E-state index contributed by atoms with van der Waals surface area (Å²) in [6, 6.07) is 9.83. The number of nitrogens with two attached hydrogens (primary N) is 1. The molecule has 1 aromatic heterocycles. The summed E-state index contributed by atoms with van der Waals surface area (Å²) in [7, 11) is 1.66. The van der Waals surface area contributed by atoms with Crippen LogP contribution in [-0.2, 0) is 10.3 Å². The smallest absolute Gasteiger partial charge is 0.259 e. The molecule has 1 saturated heterocycles. The van der Waals surface area contributed by atoms with Gasteiger partial charge in [0.15, 0.2) is 5.96 Å². The van der Waals surface area contributed by atoms with Gasteiger partial charge in [-0.2, -0.15) is 0 Å². The van der Waals surface area contributed by atoms with Crippen LogP contribution >= 0.6 is 11.3 Å². The van der Waals surface area contributed by atoms with Gasteiger partial charge in [-0.3, -0.25) is 15.1 Å². The number of guanidine groups is 1. The molecule has 1 unspecified atom stereocenters. The molecule has 0 radical (unpaired) electrons. The summed E-state index contributed by atoms with van der Waals surface area (Å²) < 4.78 is 0. The van der Waals surface area contributed by atoms with E-state index in [0.29, 0.717) is 0 Å². The van der Waals surface area contributed by atoms with Crippen molar-refractivity contribution < 1.29 is 4.79 Å². The van der Waals surface area contributed by atoms with Gasteiger partial charge in [-0.1, -0.05) is 12.1 Å². The first-order valence-electron chi connectivity index (χ1n) is 7.62. The van der Waals surface area contributed by atoms with Crippen LogP contribution in [0.25, 0.3) is 10.4 Å². The summed E-state index contributed by atoms with van der Waals surface area (Å²) in [5, 5.41) is 13.2. The van der Waals surface area contributed by atoms with Crippen LogP contribution in [0.1, 0.15) is 18.4 Å². The predicted octanol–water partition coefficient (Wildman–Crippen LogP) is 2.60. The van der Waals surface area contributed by atoms with E-state index in [4.69, 9.17) is 11.1 Å². The molecule has 6 heteroatoms. The van der Waals surface area contributed by atoms with Crippen LogP contribution in [0.4, 0.5) is 5.69 Å². The van der Waals surface area contributed by atoms with Crippen molar-refractivity contribution in [3.05, 3.63) is 41.3 Å². The van der Waals surface area contributed by atoms with Gasteiger partial charge >= 0.3 is 0 Å². The number of nitrogens with zero attached hydrogens (tertiary/aromatic N) is 1. The highest BCUT2D eigenvalue weighted by Crippen LogP contribution is 2.50.